The largest absolute Gasteiger partial charge is 0.434 e. The Morgan fingerprint density at radius 2 is 2.04 bits per heavy atom. The molecule has 1 heterocycles. The van der Waals surface area contributed by atoms with E-state index in [0.717, 1.165) is 18.4 Å². The van der Waals surface area contributed by atoms with Gasteiger partial charge in [0.05, 0.1) is 10.0 Å². The molecule has 6 nitrogen and oxygen atoms in total. The maximum atomic E-state index is 12.1. The van der Waals surface area contributed by atoms with Gasteiger partial charge in [-0.3, -0.25) is 9.59 Å². The van der Waals surface area contributed by atoms with E-state index in [1.54, 1.807) is 12.1 Å². The van der Waals surface area contributed by atoms with Gasteiger partial charge in [-0.2, -0.15) is 0 Å². The van der Waals surface area contributed by atoms with Gasteiger partial charge >= 0.3 is 0 Å². The van der Waals surface area contributed by atoms with Crippen molar-refractivity contribution in [3.8, 4) is 11.6 Å². The van der Waals surface area contributed by atoms with Gasteiger partial charge in [-0.1, -0.05) is 30.1 Å². The number of ether oxygens (including phenoxy) is 1. The summed E-state index contributed by atoms with van der Waals surface area (Å²) >= 11 is 12.5. The molecule has 0 bridgehead atoms. The summed E-state index contributed by atoms with van der Waals surface area (Å²) in [6.45, 7) is 3.41. The maximum Gasteiger partial charge on any atom is 0.268 e. The highest BCUT2D eigenvalue weighted by Crippen LogP contribution is 2.41. The Hall–Kier alpha value is -2.05. The summed E-state index contributed by atoms with van der Waals surface area (Å²) in [5.41, 5.74) is 1.78. The second-order valence-electron chi connectivity index (χ2n) is 6.10. The van der Waals surface area contributed by atoms with Crippen LogP contribution in [0.4, 0.5) is 5.69 Å². The summed E-state index contributed by atoms with van der Waals surface area (Å²) < 4.78 is 5.84. The highest BCUT2D eigenvalue weighted by Gasteiger charge is 2.25. The summed E-state index contributed by atoms with van der Waals surface area (Å²) in [5.74, 6) is 0.451. The fourth-order valence-corrected chi connectivity index (χ4v) is 3.65. The SMILES string of the molecule is CC(=O)Nc1cc(Cl)c(Oc2n[nH]c(=O)c3c2CCCC3C)c(Cl)c1. The molecule has 1 unspecified atom stereocenters. The first-order valence-corrected chi connectivity index (χ1v) is 8.68. The fraction of sp³-hybridized carbons (Fsp3) is 0.353. The van der Waals surface area contributed by atoms with E-state index in [0.29, 0.717) is 23.6 Å². The molecule has 1 aromatic heterocycles. The van der Waals surface area contributed by atoms with E-state index in [4.69, 9.17) is 27.9 Å². The van der Waals surface area contributed by atoms with Crippen LogP contribution in [0.1, 0.15) is 43.7 Å². The minimum atomic E-state index is -0.230. The van der Waals surface area contributed by atoms with E-state index >= 15 is 0 Å². The number of benzene rings is 1. The van der Waals surface area contributed by atoms with Crippen molar-refractivity contribution in [2.45, 2.75) is 39.0 Å². The van der Waals surface area contributed by atoms with Crippen molar-refractivity contribution in [1.29, 1.82) is 0 Å². The van der Waals surface area contributed by atoms with Crippen LogP contribution in [0.3, 0.4) is 0 Å². The van der Waals surface area contributed by atoms with Gasteiger partial charge in [0.2, 0.25) is 11.8 Å². The summed E-state index contributed by atoms with van der Waals surface area (Å²) in [5, 5.41) is 9.60. The highest BCUT2D eigenvalue weighted by molar-refractivity contribution is 6.37. The first-order valence-electron chi connectivity index (χ1n) is 7.92. The predicted octanol–water partition coefficient (Wildman–Crippen LogP) is 4.27. The van der Waals surface area contributed by atoms with Crippen molar-refractivity contribution in [2.24, 2.45) is 0 Å². The van der Waals surface area contributed by atoms with Crippen LogP contribution in [-0.4, -0.2) is 16.1 Å². The highest BCUT2D eigenvalue weighted by atomic mass is 35.5. The van der Waals surface area contributed by atoms with Crippen molar-refractivity contribution in [1.82, 2.24) is 10.2 Å². The van der Waals surface area contributed by atoms with Crippen LogP contribution in [0.2, 0.25) is 10.0 Å². The number of rotatable bonds is 3. The standard InChI is InChI=1S/C17H17Cl2N3O3/c1-8-4-3-5-11-14(8)16(24)21-22-17(11)25-15-12(18)6-10(7-13(15)19)20-9(2)23/h6-8H,3-5H2,1-2H3,(H,20,23)(H,21,24). The van der Waals surface area contributed by atoms with Gasteiger partial charge in [0, 0.05) is 23.7 Å². The maximum absolute atomic E-state index is 12.1. The van der Waals surface area contributed by atoms with Crippen LogP contribution >= 0.6 is 23.2 Å². The molecule has 2 aromatic rings. The topological polar surface area (TPSA) is 84.1 Å². The minimum Gasteiger partial charge on any atom is -0.434 e. The van der Waals surface area contributed by atoms with Crippen LogP contribution in [-0.2, 0) is 11.2 Å². The molecule has 2 N–H and O–H groups in total. The number of fused-ring (bicyclic) bond motifs is 1. The number of carbonyl (C=O) groups is 1. The second-order valence-corrected chi connectivity index (χ2v) is 6.91. The molecule has 3 rings (SSSR count). The van der Waals surface area contributed by atoms with Gasteiger partial charge in [0.1, 0.15) is 0 Å². The molecule has 1 aliphatic carbocycles. The molecular weight excluding hydrogens is 365 g/mol. The Labute approximate surface area is 154 Å². The van der Waals surface area contributed by atoms with Crippen LogP contribution in [0, 0.1) is 0 Å². The molecule has 0 saturated carbocycles. The zero-order valence-corrected chi connectivity index (χ0v) is 15.3. The third-order valence-corrected chi connectivity index (χ3v) is 4.72. The van der Waals surface area contributed by atoms with E-state index in [1.165, 1.54) is 6.92 Å². The number of amides is 1. The molecule has 0 spiro atoms. The normalized spacial score (nSPS) is 16.2. The van der Waals surface area contributed by atoms with Gasteiger partial charge in [-0.05, 0) is 37.3 Å². The number of nitrogens with one attached hydrogen (secondary N) is 2. The molecule has 0 radical (unpaired) electrons. The number of carbonyl (C=O) groups excluding carboxylic acids is 1. The quantitative estimate of drug-likeness (QED) is 0.831. The smallest absolute Gasteiger partial charge is 0.268 e. The summed E-state index contributed by atoms with van der Waals surface area (Å²) in [7, 11) is 0. The number of anilines is 1. The minimum absolute atomic E-state index is 0.144. The van der Waals surface area contributed by atoms with Crippen molar-refractivity contribution in [2.75, 3.05) is 5.32 Å². The van der Waals surface area contributed by atoms with Crippen molar-refractivity contribution < 1.29 is 9.53 Å². The van der Waals surface area contributed by atoms with Gasteiger partial charge in [-0.15, -0.1) is 5.10 Å². The number of aromatic amines is 1. The van der Waals surface area contributed by atoms with Crippen molar-refractivity contribution >= 4 is 34.8 Å². The average Bonchev–Trinajstić information content (AvgIpc) is 2.52. The Kier molecular flexibility index (Phi) is 5.01. The third kappa shape index (κ3) is 3.65. The molecule has 1 aliphatic rings. The van der Waals surface area contributed by atoms with Gasteiger partial charge < -0.3 is 10.1 Å². The number of aromatic nitrogens is 2. The third-order valence-electron chi connectivity index (χ3n) is 4.16. The van der Waals surface area contributed by atoms with E-state index in [1.807, 2.05) is 6.92 Å². The number of halogens is 2. The lowest BCUT2D eigenvalue weighted by Gasteiger charge is -2.22. The lowest BCUT2D eigenvalue weighted by molar-refractivity contribution is -0.114. The van der Waals surface area contributed by atoms with Gasteiger partial charge in [-0.25, -0.2) is 5.10 Å². The number of H-pyrrole nitrogens is 1. The monoisotopic (exact) mass is 381 g/mol. The molecule has 1 atom stereocenters. The summed E-state index contributed by atoms with van der Waals surface area (Å²) in [4.78, 5) is 23.3. The average molecular weight is 382 g/mol. The predicted molar refractivity (Wildman–Crippen MR) is 97.1 cm³/mol. The van der Waals surface area contributed by atoms with Crippen LogP contribution in [0.5, 0.6) is 11.6 Å². The van der Waals surface area contributed by atoms with Crippen molar-refractivity contribution in [3.63, 3.8) is 0 Å². The zero-order chi connectivity index (χ0) is 18.1. The van der Waals surface area contributed by atoms with Crippen LogP contribution in [0.15, 0.2) is 16.9 Å². The molecule has 0 saturated heterocycles. The van der Waals surface area contributed by atoms with E-state index in [2.05, 4.69) is 15.5 Å². The summed E-state index contributed by atoms with van der Waals surface area (Å²) in [6, 6.07) is 3.09. The lowest BCUT2D eigenvalue weighted by atomic mass is 9.85. The molecule has 0 fully saturated rings. The number of hydrogen-bond donors (Lipinski definition) is 2. The van der Waals surface area contributed by atoms with E-state index in [9.17, 15) is 9.59 Å². The van der Waals surface area contributed by atoms with Gasteiger partial charge in [0.25, 0.3) is 5.56 Å². The Balaban J connectivity index is 2.00. The Morgan fingerprint density at radius 3 is 2.68 bits per heavy atom. The first-order chi connectivity index (χ1) is 11.9. The fourth-order valence-electron chi connectivity index (χ4n) is 3.09. The first kappa shape index (κ1) is 17.8. The van der Waals surface area contributed by atoms with Crippen molar-refractivity contribution in [3.05, 3.63) is 43.7 Å². The molecule has 1 amide bonds. The summed E-state index contributed by atoms with van der Waals surface area (Å²) in [6.07, 6.45) is 2.62. The Morgan fingerprint density at radius 1 is 1.36 bits per heavy atom. The molecule has 0 aliphatic heterocycles. The number of hydrogen-bond acceptors (Lipinski definition) is 4. The lowest BCUT2D eigenvalue weighted by Crippen LogP contribution is -2.23. The van der Waals surface area contributed by atoms with Crippen LogP contribution in [0.25, 0.3) is 0 Å². The van der Waals surface area contributed by atoms with Gasteiger partial charge in [0.15, 0.2) is 5.75 Å². The van der Waals surface area contributed by atoms with Crippen LogP contribution < -0.4 is 15.6 Å². The second kappa shape index (κ2) is 7.06. The molecule has 132 valence electrons. The number of nitrogens with zero attached hydrogens (tertiary/aromatic N) is 1. The Bertz CT molecular complexity index is 872. The molecule has 8 heteroatoms. The van der Waals surface area contributed by atoms with E-state index in [-0.39, 0.29) is 33.2 Å². The van der Waals surface area contributed by atoms with E-state index < -0.39 is 0 Å². The molecule has 25 heavy (non-hydrogen) atoms. The molecular formula is C17H17Cl2N3O3. The molecule has 1 aromatic carbocycles. The zero-order valence-electron chi connectivity index (χ0n) is 13.8.